The molecule has 7 nitrogen and oxygen atoms in total. The van der Waals surface area contributed by atoms with Gasteiger partial charge in [-0.3, -0.25) is 9.20 Å². The lowest BCUT2D eigenvalue weighted by Gasteiger charge is -2.28. The first-order valence-electron chi connectivity index (χ1n) is 10.1. The first-order valence-corrected chi connectivity index (χ1v) is 12.0. The highest BCUT2D eigenvalue weighted by Crippen LogP contribution is 2.30. The zero-order valence-electron chi connectivity index (χ0n) is 17.0. The van der Waals surface area contributed by atoms with E-state index in [1.54, 1.807) is 12.1 Å². The Morgan fingerprint density at radius 2 is 1.84 bits per heavy atom. The number of ether oxygens (including phenoxy) is 1. The molecule has 0 radical (unpaired) electrons. The second kappa shape index (κ2) is 9.27. The molecule has 1 aliphatic heterocycles. The maximum absolute atomic E-state index is 13.3. The van der Waals surface area contributed by atoms with E-state index >= 15 is 0 Å². The van der Waals surface area contributed by atoms with Gasteiger partial charge >= 0.3 is 0 Å². The minimum absolute atomic E-state index is 0.121. The quantitative estimate of drug-likeness (QED) is 0.428. The molecule has 5 rings (SSSR count). The van der Waals surface area contributed by atoms with Gasteiger partial charge in [0.25, 0.3) is 0 Å². The van der Waals surface area contributed by atoms with Gasteiger partial charge in [0.15, 0.2) is 5.16 Å². The van der Waals surface area contributed by atoms with E-state index in [1.165, 1.54) is 35.2 Å². The second-order valence-corrected chi connectivity index (χ2v) is 8.99. The Morgan fingerprint density at radius 1 is 1.09 bits per heavy atom. The van der Waals surface area contributed by atoms with Gasteiger partial charge in [0, 0.05) is 29.8 Å². The van der Waals surface area contributed by atoms with Crippen molar-refractivity contribution in [2.24, 2.45) is 0 Å². The molecule has 0 spiro atoms. The van der Waals surface area contributed by atoms with Crippen molar-refractivity contribution < 1.29 is 13.9 Å². The van der Waals surface area contributed by atoms with Crippen LogP contribution in [0.5, 0.6) is 0 Å². The Morgan fingerprint density at radius 3 is 2.59 bits per heavy atom. The summed E-state index contributed by atoms with van der Waals surface area (Å²) in [6.07, 6.45) is 0. The topological polar surface area (TPSA) is 71.8 Å². The van der Waals surface area contributed by atoms with Crippen molar-refractivity contribution in [3.63, 3.8) is 0 Å². The molecule has 2 aromatic carbocycles. The highest BCUT2D eigenvalue weighted by molar-refractivity contribution is 7.99. The summed E-state index contributed by atoms with van der Waals surface area (Å²) in [7, 11) is 0. The molecule has 1 N–H and O–H groups in total. The minimum Gasteiger partial charge on any atom is -0.378 e. The molecule has 3 heterocycles. The Bertz CT molecular complexity index is 1220. The number of hydrogen-bond acceptors (Lipinski definition) is 7. The van der Waals surface area contributed by atoms with E-state index in [-0.39, 0.29) is 17.5 Å². The van der Waals surface area contributed by atoms with Crippen LogP contribution < -0.4 is 10.2 Å². The van der Waals surface area contributed by atoms with Gasteiger partial charge in [-0.1, -0.05) is 11.8 Å². The molecular formula is C22H20FN5O2S2. The van der Waals surface area contributed by atoms with Crippen molar-refractivity contribution in [3.8, 4) is 11.3 Å². The fourth-order valence-corrected chi connectivity index (χ4v) is 5.16. The highest BCUT2D eigenvalue weighted by atomic mass is 32.2. The minimum atomic E-state index is -0.284. The van der Waals surface area contributed by atoms with Gasteiger partial charge in [0.2, 0.25) is 10.9 Å². The van der Waals surface area contributed by atoms with E-state index in [0.717, 1.165) is 53.9 Å². The van der Waals surface area contributed by atoms with Crippen LogP contribution in [0.1, 0.15) is 0 Å². The Balaban J connectivity index is 1.23. The van der Waals surface area contributed by atoms with Crippen LogP contribution in [-0.4, -0.2) is 52.6 Å². The molecule has 0 aliphatic carbocycles. The molecule has 0 saturated carbocycles. The fraction of sp³-hybridized carbons (Fsp3) is 0.227. The van der Waals surface area contributed by atoms with Crippen LogP contribution in [-0.2, 0) is 9.53 Å². The Hall–Kier alpha value is -2.95. The summed E-state index contributed by atoms with van der Waals surface area (Å²) in [6, 6.07) is 14.1. The molecule has 0 bridgehead atoms. The maximum Gasteiger partial charge on any atom is 0.234 e. The van der Waals surface area contributed by atoms with Crippen molar-refractivity contribution >= 4 is 45.3 Å². The number of halogens is 1. The number of carbonyl (C=O) groups excluding carboxylic acids is 1. The zero-order valence-corrected chi connectivity index (χ0v) is 18.7. The molecule has 1 fully saturated rings. The number of carbonyl (C=O) groups is 1. The van der Waals surface area contributed by atoms with Crippen molar-refractivity contribution in [2.75, 3.05) is 42.3 Å². The third-order valence-electron chi connectivity index (χ3n) is 5.12. The average molecular weight is 470 g/mol. The predicted octanol–water partition coefficient (Wildman–Crippen LogP) is 4.16. The molecule has 1 amide bonds. The van der Waals surface area contributed by atoms with Crippen LogP contribution in [0.15, 0.2) is 59.1 Å². The molecule has 1 aliphatic rings. The van der Waals surface area contributed by atoms with Crippen molar-refractivity contribution in [1.82, 2.24) is 14.6 Å². The van der Waals surface area contributed by atoms with Crippen molar-refractivity contribution in [2.45, 2.75) is 5.16 Å². The number of fused-ring (bicyclic) bond motifs is 1. The van der Waals surface area contributed by atoms with Gasteiger partial charge in [0.1, 0.15) is 5.82 Å². The number of hydrogen-bond donors (Lipinski definition) is 1. The van der Waals surface area contributed by atoms with E-state index in [2.05, 4.69) is 20.4 Å². The molecule has 0 unspecified atom stereocenters. The summed E-state index contributed by atoms with van der Waals surface area (Å²) < 4.78 is 20.6. The van der Waals surface area contributed by atoms with E-state index in [0.29, 0.717) is 5.16 Å². The number of thiazole rings is 1. The molecule has 32 heavy (non-hydrogen) atoms. The average Bonchev–Trinajstić information content (AvgIpc) is 3.42. The number of amides is 1. The number of nitrogens with one attached hydrogen (secondary N) is 1. The molecular weight excluding hydrogens is 449 g/mol. The SMILES string of the molecule is O=C(CSc1nnc2scc(-c3ccc(F)cc3)n12)Nc1ccc(N2CCOCC2)cc1. The molecule has 0 atom stereocenters. The summed E-state index contributed by atoms with van der Waals surface area (Å²) in [4.78, 5) is 15.5. The van der Waals surface area contributed by atoms with Crippen LogP contribution in [0.4, 0.5) is 15.8 Å². The van der Waals surface area contributed by atoms with E-state index < -0.39 is 0 Å². The van der Waals surface area contributed by atoms with Gasteiger partial charge in [-0.15, -0.1) is 21.5 Å². The summed E-state index contributed by atoms with van der Waals surface area (Å²) in [5.74, 6) is -0.206. The third-order valence-corrected chi connectivity index (χ3v) is 6.87. The molecule has 1 saturated heterocycles. The molecule has 2 aromatic heterocycles. The van der Waals surface area contributed by atoms with Gasteiger partial charge < -0.3 is 15.0 Å². The summed E-state index contributed by atoms with van der Waals surface area (Å²) in [5, 5.41) is 13.9. The number of morpholine rings is 1. The van der Waals surface area contributed by atoms with Crippen LogP contribution in [0, 0.1) is 5.82 Å². The van der Waals surface area contributed by atoms with Gasteiger partial charge in [-0.25, -0.2) is 4.39 Å². The van der Waals surface area contributed by atoms with Gasteiger partial charge in [-0.05, 0) is 54.1 Å². The predicted molar refractivity (Wildman–Crippen MR) is 125 cm³/mol. The van der Waals surface area contributed by atoms with Crippen LogP contribution >= 0.6 is 23.1 Å². The van der Waals surface area contributed by atoms with Crippen molar-refractivity contribution in [1.29, 1.82) is 0 Å². The van der Waals surface area contributed by atoms with E-state index in [9.17, 15) is 9.18 Å². The van der Waals surface area contributed by atoms with Crippen LogP contribution in [0.2, 0.25) is 0 Å². The summed E-state index contributed by atoms with van der Waals surface area (Å²) in [6.45, 7) is 3.21. The third kappa shape index (κ3) is 4.47. The molecule has 4 aromatic rings. The van der Waals surface area contributed by atoms with Crippen molar-refractivity contribution in [3.05, 3.63) is 59.7 Å². The molecule has 10 heteroatoms. The monoisotopic (exact) mass is 469 g/mol. The number of anilines is 2. The summed E-state index contributed by atoms with van der Waals surface area (Å²) in [5.41, 5.74) is 3.61. The zero-order chi connectivity index (χ0) is 21.9. The number of nitrogens with zero attached hydrogens (tertiary/aromatic N) is 4. The number of aromatic nitrogens is 3. The second-order valence-electron chi connectivity index (χ2n) is 7.21. The van der Waals surface area contributed by atoms with E-state index in [4.69, 9.17) is 4.74 Å². The Labute approximate surface area is 192 Å². The van der Waals surface area contributed by atoms with Gasteiger partial charge in [0.05, 0.1) is 24.7 Å². The standard InChI is InChI=1S/C22H20FN5O2S2/c23-16-3-1-15(2-4-16)19-13-31-21-25-26-22(28(19)21)32-14-20(29)24-17-5-7-18(8-6-17)27-9-11-30-12-10-27/h1-8,13H,9-12,14H2,(H,24,29). The highest BCUT2D eigenvalue weighted by Gasteiger charge is 2.16. The summed E-state index contributed by atoms with van der Waals surface area (Å²) >= 11 is 2.77. The first-order chi connectivity index (χ1) is 15.7. The normalized spacial score (nSPS) is 14.1. The molecule has 164 valence electrons. The Kier molecular flexibility index (Phi) is 6.06. The number of benzene rings is 2. The van der Waals surface area contributed by atoms with Crippen LogP contribution in [0.25, 0.3) is 16.2 Å². The number of thioether (sulfide) groups is 1. The van der Waals surface area contributed by atoms with Gasteiger partial charge in [-0.2, -0.15) is 0 Å². The first kappa shape index (κ1) is 20.9. The lowest BCUT2D eigenvalue weighted by molar-refractivity contribution is -0.113. The smallest absolute Gasteiger partial charge is 0.234 e. The largest absolute Gasteiger partial charge is 0.378 e. The van der Waals surface area contributed by atoms with E-state index in [1.807, 2.05) is 34.0 Å². The maximum atomic E-state index is 13.3. The number of rotatable bonds is 6. The lowest BCUT2D eigenvalue weighted by atomic mass is 10.2. The van der Waals surface area contributed by atoms with Crippen LogP contribution in [0.3, 0.4) is 0 Å². The lowest BCUT2D eigenvalue weighted by Crippen LogP contribution is -2.36. The fourth-order valence-electron chi connectivity index (χ4n) is 3.52.